The lowest BCUT2D eigenvalue weighted by Gasteiger charge is -2.05. The molecule has 5 nitrogen and oxygen atoms in total. The number of benzene rings is 1. The van der Waals surface area contributed by atoms with Crippen LogP contribution in [0.25, 0.3) is 11.3 Å². The Balaban J connectivity index is 2.57. The van der Waals surface area contributed by atoms with Gasteiger partial charge in [-0.15, -0.1) is 0 Å². The second kappa shape index (κ2) is 4.80. The Morgan fingerprint density at radius 2 is 2.00 bits per heavy atom. The highest BCUT2D eigenvalue weighted by molar-refractivity contribution is 6.30. The highest BCUT2D eigenvalue weighted by Crippen LogP contribution is 2.31. The molecule has 94 valence electrons. The first-order valence-corrected chi connectivity index (χ1v) is 5.55. The number of hydrogen-bond donors (Lipinski definition) is 2. The number of carboxylic acids is 1. The van der Waals surface area contributed by atoms with Gasteiger partial charge in [0.2, 0.25) is 5.76 Å². The van der Waals surface area contributed by atoms with E-state index >= 15 is 0 Å². The largest absolute Gasteiger partial charge is 0.475 e. The molecule has 0 spiro atoms. The third-order valence-electron chi connectivity index (χ3n) is 2.46. The summed E-state index contributed by atoms with van der Waals surface area (Å²) in [6.07, 6.45) is -0.993. The first-order chi connectivity index (χ1) is 8.50. The molecule has 2 rings (SSSR count). The fraction of sp³-hybridized carbons (Fsp3) is 0.167. The molecule has 0 aliphatic heterocycles. The molecule has 2 N–H and O–H groups in total. The minimum atomic E-state index is -1.27. The molecule has 0 saturated heterocycles. The van der Waals surface area contributed by atoms with E-state index in [9.17, 15) is 9.90 Å². The molecule has 0 radical (unpaired) electrons. The first kappa shape index (κ1) is 12.6. The monoisotopic (exact) mass is 267 g/mol. The van der Waals surface area contributed by atoms with Crippen molar-refractivity contribution >= 4 is 17.6 Å². The number of carboxylic acid groups (broad SMARTS) is 1. The van der Waals surface area contributed by atoms with Gasteiger partial charge in [-0.3, -0.25) is 0 Å². The topological polar surface area (TPSA) is 83.6 Å². The zero-order chi connectivity index (χ0) is 13.3. The smallest absolute Gasteiger partial charge is 0.375 e. The normalized spacial score (nSPS) is 12.4. The predicted molar refractivity (Wildman–Crippen MR) is 64.5 cm³/mol. The molecule has 2 aromatic rings. The molecular weight excluding hydrogens is 258 g/mol. The van der Waals surface area contributed by atoms with E-state index in [0.29, 0.717) is 16.3 Å². The number of aliphatic hydroxyl groups is 1. The Kier molecular flexibility index (Phi) is 3.36. The lowest BCUT2D eigenvalue weighted by atomic mass is 10.0. The zero-order valence-electron chi connectivity index (χ0n) is 9.42. The summed E-state index contributed by atoms with van der Waals surface area (Å²) in [5.41, 5.74) is 1.09. The van der Waals surface area contributed by atoms with Crippen LogP contribution in [0.2, 0.25) is 5.02 Å². The van der Waals surface area contributed by atoms with Gasteiger partial charge in [0, 0.05) is 10.6 Å². The number of aromatic carboxylic acids is 1. The quantitative estimate of drug-likeness (QED) is 0.893. The van der Waals surface area contributed by atoms with E-state index in [-0.39, 0.29) is 11.3 Å². The number of rotatable bonds is 3. The molecule has 18 heavy (non-hydrogen) atoms. The van der Waals surface area contributed by atoms with Crippen molar-refractivity contribution in [3.63, 3.8) is 0 Å². The number of hydrogen-bond acceptors (Lipinski definition) is 4. The van der Waals surface area contributed by atoms with Gasteiger partial charge in [0.25, 0.3) is 0 Å². The van der Waals surface area contributed by atoms with E-state index in [1.165, 1.54) is 6.92 Å². The maximum atomic E-state index is 11.0. The number of carbonyl (C=O) groups is 1. The van der Waals surface area contributed by atoms with Gasteiger partial charge in [0.05, 0.1) is 11.7 Å². The number of aliphatic hydroxyl groups excluding tert-OH is 1. The van der Waals surface area contributed by atoms with E-state index in [1.54, 1.807) is 24.3 Å². The van der Waals surface area contributed by atoms with E-state index in [0.717, 1.165) is 0 Å². The van der Waals surface area contributed by atoms with Gasteiger partial charge in [-0.05, 0) is 19.1 Å². The Morgan fingerprint density at radius 1 is 1.39 bits per heavy atom. The molecule has 0 unspecified atom stereocenters. The molecule has 0 aliphatic carbocycles. The van der Waals surface area contributed by atoms with Crippen molar-refractivity contribution in [2.24, 2.45) is 0 Å². The highest BCUT2D eigenvalue weighted by Gasteiger charge is 2.25. The Labute approximate surface area is 108 Å². The van der Waals surface area contributed by atoms with Crippen LogP contribution in [0.15, 0.2) is 28.8 Å². The molecule has 1 atom stereocenters. The third-order valence-corrected chi connectivity index (χ3v) is 2.71. The summed E-state index contributed by atoms with van der Waals surface area (Å²) in [5.74, 6) is -1.62. The van der Waals surface area contributed by atoms with Crippen molar-refractivity contribution in [1.29, 1.82) is 0 Å². The number of nitrogens with zero attached hydrogens (tertiary/aromatic N) is 1. The van der Waals surface area contributed by atoms with E-state index in [4.69, 9.17) is 21.2 Å². The Morgan fingerprint density at radius 3 is 2.50 bits per heavy atom. The zero-order valence-corrected chi connectivity index (χ0v) is 10.2. The SMILES string of the molecule is C[C@H](O)c1c(-c2ccc(Cl)cc2)noc1C(=O)O. The summed E-state index contributed by atoms with van der Waals surface area (Å²) >= 11 is 5.77. The first-order valence-electron chi connectivity index (χ1n) is 5.17. The van der Waals surface area contributed by atoms with Crippen molar-refractivity contribution in [3.05, 3.63) is 40.6 Å². The van der Waals surface area contributed by atoms with Crippen LogP contribution in [-0.4, -0.2) is 21.3 Å². The molecule has 6 heteroatoms. The van der Waals surface area contributed by atoms with Crippen molar-refractivity contribution in [2.45, 2.75) is 13.0 Å². The lowest BCUT2D eigenvalue weighted by molar-refractivity contribution is 0.0643. The summed E-state index contributed by atoms with van der Waals surface area (Å²) in [7, 11) is 0. The van der Waals surface area contributed by atoms with Crippen molar-refractivity contribution < 1.29 is 19.5 Å². The van der Waals surface area contributed by atoms with Crippen LogP contribution in [0.4, 0.5) is 0 Å². The van der Waals surface area contributed by atoms with Gasteiger partial charge in [0.15, 0.2) is 0 Å². The van der Waals surface area contributed by atoms with Crippen LogP contribution in [0, 0.1) is 0 Å². The molecule has 0 amide bonds. The minimum Gasteiger partial charge on any atom is -0.475 e. The van der Waals surface area contributed by atoms with E-state index in [1.807, 2.05) is 0 Å². The summed E-state index contributed by atoms with van der Waals surface area (Å²) in [4.78, 5) is 11.0. The van der Waals surface area contributed by atoms with E-state index in [2.05, 4.69) is 5.16 Å². The minimum absolute atomic E-state index is 0.157. The molecule has 1 aromatic heterocycles. The standard InChI is InChI=1S/C12H10ClNO4/c1-6(15)9-10(14-18-11(9)12(16)17)7-2-4-8(13)5-3-7/h2-6,15H,1H3,(H,16,17)/t6-/m0/s1. The highest BCUT2D eigenvalue weighted by atomic mass is 35.5. The fourth-order valence-electron chi connectivity index (χ4n) is 1.65. The van der Waals surface area contributed by atoms with Gasteiger partial charge in [0.1, 0.15) is 5.69 Å². The molecule has 0 fully saturated rings. The molecule has 0 aliphatic rings. The Hall–Kier alpha value is -1.85. The molecular formula is C12H10ClNO4. The summed E-state index contributed by atoms with van der Waals surface area (Å²) in [6, 6.07) is 6.66. The van der Waals surface area contributed by atoms with Crippen molar-refractivity contribution in [2.75, 3.05) is 0 Å². The maximum Gasteiger partial charge on any atom is 0.375 e. The molecule has 0 saturated carbocycles. The van der Waals surface area contributed by atoms with Crippen molar-refractivity contribution in [3.8, 4) is 11.3 Å². The number of aromatic nitrogens is 1. The number of halogens is 1. The van der Waals surface area contributed by atoms with Gasteiger partial charge in [-0.25, -0.2) is 4.79 Å². The Bertz CT molecular complexity index is 574. The van der Waals surface area contributed by atoms with Gasteiger partial charge >= 0.3 is 5.97 Å². The lowest BCUT2D eigenvalue weighted by Crippen LogP contribution is -2.02. The van der Waals surface area contributed by atoms with Crippen LogP contribution in [0.3, 0.4) is 0 Å². The molecule has 0 bridgehead atoms. The maximum absolute atomic E-state index is 11.0. The molecule has 1 heterocycles. The molecule has 1 aromatic carbocycles. The van der Waals surface area contributed by atoms with Gasteiger partial charge < -0.3 is 14.7 Å². The average molecular weight is 268 g/mol. The predicted octanol–water partition coefficient (Wildman–Crippen LogP) is 2.75. The summed E-state index contributed by atoms with van der Waals surface area (Å²) in [6.45, 7) is 1.46. The average Bonchev–Trinajstić information content (AvgIpc) is 2.74. The van der Waals surface area contributed by atoms with E-state index < -0.39 is 12.1 Å². The van der Waals surface area contributed by atoms with Crippen LogP contribution >= 0.6 is 11.6 Å². The third kappa shape index (κ3) is 2.23. The van der Waals surface area contributed by atoms with Crippen molar-refractivity contribution in [1.82, 2.24) is 5.16 Å². The summed E-state index contributed by atoms with van der Waals surface area (Å²) < 4.78 is 4.76. The van der Waals surface area contributed by atoms with Gasteiger partial charge in [-0.2, -0.15) is 0 Å². The van der Waals surface area contributed by atoms with Crippen LogP contribution in [-0.2, 0) is 0 Å². The summed E-state index contributed by atoms with van der Waals surface area (Å²) in [5, 5.41) is 22.9. The van der Waals surface area contributed by atoms with Crippen LogP contribution in [0.1, 0.15) is 29.1 Å². The van der Waals surface area contributed by atoms with Gasteiger partial charge in [-0.1, -0.05) is 28.9 Å². The second-order valence-electron chi connectivity index (χ2n) is 3.76. The van der Waals surface area contributed by atoms with Crippen LogP contribution < -0.4 is 0 Å². The second-order valence-corrected chi connectivity index (χ2v) is 4.20. The fourth-order valence-corrected chi connectivity index (χ4v) is 1.78. The van der Waals surface area contributed by atoms with Crippen LogP contribution in [0.5, 0.6) is 0 Å².